The maximum absolute atomic E-state index is 11.7. The second-order valence-electron chi connectivity index (χ2n) is 5.15. The Bertz CT molecular complexity index is 435. The second-order valence-corrected chi connectivity index (χ2v) is 5.15. The molecular weight excluding hydrogens is 256 g/mol. The van der Waals surface area contributed by atoms with Gasteiger partial charge < -0.3 is 20.5 Å². The average molecular weight is 278 g/mol. The van der Waals surface area contributed by atoms with Crippen molar-refractivity contribution in [1.82, 2.24) is 5.32 Å². The average Bonchev–Trinajstić information content (AvgIpc) is 2.45. The van der Waals surface area contributed by atoms with E-state index in [0.29, 0.717) is 18.8 Å². The van der Waals surface area contributed by atoms with Gasteiger partial charge in [-0.3, -0.25) is 4.79 Å². The van der Waals surface area contributed by atoms with Crippen LogP contribution in [0.3, 0.4) is 0 Å². The molecule has 0 bridgehead atoms. The van der Waals surface area contributed by atoms with Crippen molar-refractivity contribution < 1.29 is 14.3 Å². The molecule has 1 saturated carbocycles. The fourth-order valence-corrected chi connectivity index (χ4v) is 2.21. The maximum Gasteiger partial charge on any atom is 0.258 e. The quantitative estimate of drug-likeness (QED) is 0.786. The first-order valence-corrected chi connectivity index (χ1v) is 6.91. The van der Waals surface area contributed by atoms with E-state index in [4.69, 9.17) is 15.2 Å². The van der Waals surface area contributed by atoms with E-state index in [9.17, 15) is 4.79 Å². The third kappa shape index (κ3) is 3.71. The zero-order chi connectivity index (χ0) is 14.4. The molecule has 3 N–H and O–H groups in total. The first kappa shape index (κ1) is 14.8. The Balaban J connectivity index is 1.71. The molecule has 0 aliphatic heterocycles. The largest absolute Gasteiger partial charge is 0.484 e. The van der Waals surface area contributed by atoms with Gasteiger partial charge in [0.25, 0.3) is 5.91 Å². The minimum atomic E-state index is -0.154. The molecule has 20 heavy (non-hydrogen) atoms. The summed E-state index contributed by atoms with van der Waals surface area (Å²) in [6.07, 6.45) is 3.17. The number of carbonyl (C=O) groups is 1. The molecule has 5 heteroatoms. The fourth-order valence-electron chi connectivity index (χ4n) is 2.21. The molecule has 2 rings (SSSR count). The van der Waals surface area contributed by atoms with Crippen molar-refractivity contribution in [2.45, 2.75) is 31.4 Å². The molecule has 1 amide bonds. The molecule has 1 fully saturated rings. The lowest BCUT2D eigenvalue weighted by Crippen LogP contribution is -2.50. The van der Waals surface area contributed by atoms with Crippen LogP contribution in [0.4, 0.5) is 0 Å². The number of nitrogens with one attached hydrogen (secondary N) is 1. The molecule has 0 spiro atoms. The van der Waals surface area contributed by atoms with Gasteiger partial charge in [-0.2, -0.15) is 0 Å². The van der Waals surface area contributed by atoms with E-state index in [0.717, 1.165) is 24.8 Å². The van der Waals surface area contributed by atoms with Crippen LogP contribution < -0.4 is 15.8 Å². The van der Waals surface area contributed by atoms with E-state index >= 15 is 0 Å². The van der Waals surface area contributed by atoms with Crippen LogP contribution in [0.25, 0.3) is 0 Å². The molecule has 0 heterocycles. The number of methoxy groups -OCH3 is 1. The van der Waals surface area contributed by atoms with Crippen molar-refractivity contribution in [3.63, 3.8) is 0 Å². The molecule has 110 valence electrons. The SMILES string of the molecule is COC1(CNC(=O)COc2ccc(CN)cc2)CCC1. The minimum Gasteiger partial charge on any atom is -0.484 e. The third-order valence-electron chi connectivity index (χ3n) is 3.83. The van der Waals surface area contributed by atoms with Gasteiger partial charge in [0.1, 0.15) is 5.75 Å². The Hall–Kier alpha value is -1.59. The summed E-state index contributed by atoms with van der Waals surface area (Å²) in [5.41, 5.74) is 6.40. The zero-order valence-corrected chi connectivity index (χ0v) is 11.9. The first-order chi connectivity index (χ1) is 9.67. The van der Waals surface area contributed by atoms with Crippen LogP contribution in [0.1, 0.15) is 24.8 Å². The number of benzene rings is 1. The molecule has 0 radical (unpaired) electrons. The number of carbonyl (C=O) groups excluding carboxylic acids is 1. The van der Waals surface area contributed by atoms with Crippen LogP contribution in [0.15, 0.2) is 24.3 Å². The maximum atomic E-state index is 11.7. The van der Waals surface area contributed by atoms with Gasteiger partial charge in [-0.15, -0.1) is 0 Å². The predicted octanol–water partition coefficient (Wildman–Crippen LogP) is 1.21. The number of rotatable bonds is 7. The standard InChI is InChI=1S/C15H22N2O3/c1-19-15(7-2-8-15)11-17-14(18)10-20-13-5-3-12(9-16)4-6-13/h3-6H,2,7-11,16H2,1H3,(H,17,18). The number of amides is 1. The second kappa shape index (κ2) is 6.72. The van der Waals surface area contributed by atoms with Crippen molar-refractivity contribution in [1.29, 1.82) is 0 Å². The smallest absolute Gasteiger partial charge is 0.258 e. The number of nitrogens with two attached hydrogens (primary N) is 1. The molecule has 5 nitrogen and oxygen atoms in total. The van der Waals surface area contributed by atoms with E-state index in [1.54, 1.807) is 7.11 Å². The highest BCUT2D eigenvalue weighted by molar-refractivity contribution is 5.77. The van der Waals surface area contributed by atoms with Crippen molar-refractivity contribution in [2.24, 2.45) is 5.73 Å². The summed E-state index contributed by atoms with van der Waals surface area (Å²) < 4.78 is 10.9. The van der Waals surface area contributed by atoms with Gasteiger partial charge in [-0.05, 0) is 37.0 Å². The van der Waals surface area contributed by atoms with Crippen LogP contribution in [-0.4, -0.2) is 31.8 Å². The van der Waals surface area contributed by atoms with Crippen molar-refractivity contribution in [3.8, 4) is 5.75 Å². The van der Waals surface area contributed by atoms with Crippen molar-refractivity contribution in [2.75, 3.05) is 20.3 Å². The minimum absolute atomic E-state index is 0.0156. The van der Waals surface area contributed by atoms with Crippen LogP contribution in [0, 0.1) is 0 Å². The summed E-state index contributed by atoms with van der Waals surface area (Å²) in [5.74, 6) is 0.540. The summed E-state index contributed by atoms with van der Waals surface area (Å²) in [6.45, 7) is 1.07. The molecule has 1 aliphatic carbocycles. The third-order valence-corrected chi connectivity index (χ3v) is 3.83. The molecule has 1 aliphatic rings. The first-order valence-electron chi connectivity index (χ1n) is 6.91. The molecule has 1 aromatic carbocycles. The van der Waals surface area contributed by atoms with Gasteiger partial charge in [0.15, 0.2) is 6.61 Å². The van der Waals surface area contributed by atoms with E-state index in [-0.39, 0.29) is 18.1 Å². The summed E-state index contributed by atoms with van der Waals surface area (Å²) in [7, 11) is 1.70. The highest BCUT2D eigenvalue weighted by Crippen LogP contribution is 2.34. The van der Waals surface area contributed by atoms with Gasteiger partial charge in [0, 0.05) is 20.2 Å². The fraction of sp³-hybridized carbons (Fsp3) is 0.533. The van der Waals surface area contributed by atoms with Crippen molar-refractivity contribution >= 4 is 5.91 Å². The molecule has 0 unspecified atom stereocenters. The van der Waals surface area contributed by atoms with Gasteiger partial charge in [0.05, 0.1) is 5.60 Å². The summed E-state index contributed by atoms with van der Waals surface area (Å²) in [4.78, 5) is 11.7. The topological polar surface area (TPSA) is 73.6 Å². The zero-order valence-electron chi connectivity index (χ0n) is 11.9. The van der Waals surface area contributed by atoms with E-state index in [1.165, 1.54) is 0 Å². The number of ether oxygens (including phenoxy) is 2. The van der Waals surface area contributed by atoms with E-state index in [2.05, 4.69) is 5.32 Å². The van der Waals surface area contributed by atoms with Crippen LogP contribution in [0.2, 0.25) is 0 Å². The lowest BCUT2D eigenvalue weighted by Gasteiger charge is -2.40. The highest BCUT2D eigenvalue weighted by atomic mass is 16.5. The predicted molar refractivity (Wildman–Crippen MR) is 76.4 cm³/mol. The summed E-state index contributed by atoms with van der Waals surface area (Å²) in [5, 5.41) is 2.86. The molecule has 0 saturated heterocycles. The van der Waals surface area contributed by atoms with Gasteiger partial charge in [-0.1, -0.05) is 12.1 Å². The Labute approximate surface area is 119 Å². The Kier molecular flexibility index (Phi) is 4.98. The van der Waals surface area contributed by atoms with Gasteiger partial charge in [0.2, 0.25) is 0 Å². The lowest BCUT2D eigenvalue weighted by molar-refractivity contribution is -0.126. The Morgan fingerprint density at radius 3 is 2.55 bits per heavy atom. The molecule has 0 aromatic heterocycles. The van der Waals surface area contributed by atoms with Crippen LogP contribution in [-0.2, 0) is 16.1 Å². The number of hydrogen-bond acceptors (Lipinski definition) is 4. The van der Waals surface area contributed by atoms with Gasteiger partial charge >= 0.3 is 0 Å². The monoisotopic (exact) mass is 278 g/mol. The van der Waals surface area contributed by atoms with Crippen molar-refractivity contribution in [3.05, 3.63) is 29.8 Å². The molecule has 1 aromatic rings. The highest BCUT2D eigenvalue weighted by Gasteiger charge is 2.37. The molecule has 0 atom stereocenters. The Morgan fingerprint density at radius 2 is 2.05 bits per heavy atom. The van der Waals surface area contributed by atoms with Crippen LogP contribution >= 0.6 is 0 Å². The lowest BCUT2D eigenvalue weighted by atomic mass is 9.80. The Morgan fingerprint density at radius 1 is 1.35 bits per heavy atom. The summed E-state index contributed by atoms with van der Waals surface area (Å²) in [6, 6.07) is 7.42. The van der Waals surface area contributed by atoms with E-state index in [1.807, 2.05) is 24.3 Å². The molecular formula is C15H22N2O3. The van der Waals surface area contributed by atoms with Gasteiger partial charge in [-0.25, -0.2) is 0 Å². The van der Waals surface area contributed by atoms with E-state index < -0.39 is 0 Å². The van der Waals surface area contributed by atoms with Crippen LogP contribution in [0.5, 0.6) is 5.75 Å². The normalized spacial score (nSPS) is 16.3. The number of hydrogen-bond donors (Lipinski definition) is 2. The summed E-state index contributed by atoms with van der Waals surface area (Å²) >= 11 is 0.